The van der Waals surface area contributed by atoms with E-state index in [-0.39, 0.29) is 0 Å². The zero-order valence-corrected chi connectivity index (χ0v) is 27.1. The molecule has 230 valence electrons. The van der Waals surface area contributed by atoms with E-state index in [1.807, 2.05) is 12.1 Å². The van der Waals surface area contributed by atoms with E-state index >= 15 is 0 Å². The van der Waals surface area contributed by atoms with Gasteiger partial charge in [-0.3, -0.25) is 4.57 Å². The van der Waals surface area contributed by atoms with Crippen molar-refractivity contribution in [2.24, 2.45) is 0 Å². The van der Waals surface area contributed by atoms with Crippen LogP contribution in [0.2, 0.25) is 0 Å². The highest BCUT2D eigenvalue weighted by Gasteiger charge is 2.15. The molecule has 0 amide bonds. The fraction of sp³-hybridized carbons (Fsp3) is 0.0444. The van der Waals surface area contributed by atoms with Gasteiger partial charge in [-0.2, -0.15) is 0 Å². The van der Waals surface area contributed by atoms with E-state index in [2.05, 4.69) is 187 Å². The molecule has 8 rings (SSSR count). The van der Waals surface area contributed by atoms with E-state index in [9.17, 15) is 0 Å². The second-order valence-corrected chi connectivity index (χ2v) is 12.3. The number of fused-ring (bicyclic) bond motifs is 1. The number of anilines is 3. The number of hydrogen-bond donors (Lipinski definition) is 0. The Bertz CT molecular complexity index is 2250. The second kappa shape index (κ2) is 12.5. The van der Waals surface area contributed by atoms with Crippen LogP contribution in [-0.2, 0) is 0 Å². The Hall–Kier alpha value is -6.19. The SMILES string of the molecule is Cc1ccc(N(c2ccc(C)cc2)c2ccc(-c3ccc(-c4ccc(-c5nc6ccccc6n5-c5ccccc5)cc4)cc3)cc2)cc1. The first kappa shape index (κ1) is 29.2. The molecule has 3 nitrogen and oxygen atoms in total. The molecule has 0 N–H and O–H groups in total. The van der Waals surface area contributed by atoms with E-state index in [4.69, 9.17) is 4.98 Å². The molecule has 48 heavy (non-hydrogen) atoms. The molecular weight excluding hydrogens is 583 g/mol. The van der Waals surface area contributed by atoms with Crippen molar-refractivity contribution in [3.63, 3.8) is 0 Å². The maximum absolute atomic E-state index is 5.02. The van der Waals surface area contributed by atoms with Gasteiger partial charge >= 0.3 is 0 Å². The molecule has 0 aliphatic carbocycles. The van der Waals surface area contributed by atoms with Crippen LogP contribution in [0.25, 0.3) is 50.4 Å². The average molecular weight is 618 g/mol. The van der Waals surface area contributed by atoms with Crippen molar-refractivity contribution in [2.45, 2.75) is 13.8 Å². The van der Waals surface area contributed by atoms with Crippen molar-refractivity contribution in [1.82, 2.24) is 9.55 Å². The molecule has 0 bridgehead atoms. The van der Waals surface area contributed by atoms with Gasteiger partial charge in [-0.15, -0.1) is 0 Å². The molecule has 1 heterocycles. The Morgan fingerprint density at radius 3 is 1.29 bits per heavy atom. The van der Waals surface area contributed by atoms with Crippen molar-refractivity contribution in [2.75, 3.05) is 4.90 Å². The first-order valence-corrected chi connectivity index (χ1v) is 16.4. The molecule has 0 aliphatic rings. The molecule has 0 aliphatic heterocycles. The Balaban J connectivity index is 1.05. The van der Waals surface area contributed by atoms with Crippen LogP contribution >= 0.6 is 0 Å². The number of benzene rings is 7. The minimum Gasteiger partial charge on any atom is -0.311 e. The third-order valence-corrected chi connectivity index (χ3v) is 8.98. The zero-order chi connectivity index (χ0) is 32.5. The van der Waals surface area contributed by atoms with E-state index < -0.39 is 0 Å². The lowest BCUT2D eigenvalue weighted by Gasteiger charge is -2.26. The maximum Gasteiger partial charge on any atom is 0.145 e. The number of hydrogen-bond acceptors (Lipinski definition) is 2. The Morgan fingerprint density at radius 2 is 0.792 bits per heavy atom. The zero-order valence-electron chi connectivity index (χ0n) is 27.1. The van der Waals surface area contributed by atoms with Crippen LogP contribution in [0.5, 0.6) is 0 Å². The lowest BCUT2D eigenvalue weighted by molar-refractivity contribution is 1.10. The molecule has 0 saturated carbocycles. The van der Waals surface area contributed by atoms with Crippen molar-refractivity contribution >= 4 is 28.1 Å². The van der Waals surface area contributed by atoms with Gasteiger partial charge in [0.2, 0.25) is 0 Å². The van der Waals surface area contributed by atoms with E-state index in [1.165, 1.54) is 33.4 Å². The van der Waals surface area contributed by atoms with Crippen LogP contribution in [0.15, 0.2) is 176 Å². The van der Waals surface area contributed by atoms with Crippen LogP contribution in [0.1, 0.15) is 11.1 Å². The summed E-state index contributed by atoms with van der Waals surface area (Å²) in [5.41, 5.74) is 14.9. The normalized spacial score (nSPS) is 11.1. The standard InChI is InChI=1S/C45H35N3/c1-32-12-26-40(27-13-32)47(41-28-14-33(2)15-29-41)42-30-24-37(25-31-42)35-18-16-34(17-19-35)36-20-22-38(23-21-36)45-46-43-10-6-7-11-44(43)48(45)39-8-4-3-5-9-39/h3-31H,1-2H3. The number of aryl methyl sites for hydroxylation is 2. The highest BCUT2D eigenvalue weighted by molar-refractivity contribution is 5.84. The number of nitrogens with zero attached hydrogens (tertiary/aromatic N) is 3. The van der Waals surface area contributed by atoms with Crippen LogP contribution in [-0.4, -0.2) is 9.55 Å². The fourth-order valence-electron chi connectivity index (χ4n) is 6.36. The first-order valence-electron chi connectivity index (χ1n) is 16.4. The number of imidazole rings is 1. The highest BCUT2D eigenvalue weighted by Crippen LogP contribution is 2.36. The quantitative estimate of drug-likeness (QED) is 0.177. The summed E-state index contributed by atoms with van der Waals surface area (Å²) in [5.74, 6) is 0.941. The summed E-state index contributed by atoms with van der Waals surface area (Å²) < 4.78 is 2.24. The van der Waals surface area contributed by atoms with Crippen molar-refractivity contribution in [1.29, 1.82) is 0 Å². The topological polar surface area (TPSA) is 21.1 Å². The van der Waals surface area contributed by atoms with E-state index in [1.54, 1.807) is 0 Å². The number of rotatable bonds is 7. The predicted molar refractivity (Wildman–Crippen MR) is 202 cm³/mol. The largest absolute Gasteiger partial charge is 0.311 e. The fourth-order valence-corrected chi connectivity index (χ4v) is 6.36. The summed E-state index contributed by atoms with van der Waals surface area (Å²) in [6.07, 6.45) is 0. The molecule has 0 spiro atoms. The molecule has 8 aromatic rings. The van der Waals surface area contributed by atoms with E-state index in [0.29, 0.717) is 0 Å². The molecule has 0 saturated heterocycles. The lowest BCUT2D eigenvalue weighted by Crippen LogP contribution is -2.09. The highest BCUT2D eigenvalue weighted by atomic mass is 15.1. The van der Waals surface area contributed by atoms with Crippen LogP contribution in [0, 0.1) is 13.8 Å². The monoisotopic (exact) mass is 617 g/mol. The molecule has 7 aromatic carbocycles. The smallest absolute Gasteiger partial charge is 0.145 e. The van der Waals surface area contributed by atoms with Gasteiger partial charge in [0, 0.05) is 28.3 Å². The third-order valence-electron chi connectivity index (χ3n) is 8.98. The molecule has 1 aromatic heterocycles. The molecule has 0 unspecified atom stereocenters. The van der Waals surface area contributed by atoms with Gasteiger partial charge in [-0.1, -0.05) is 126 Å². The number of aromatic nitrogens is 2. The van der Waals surface area contributed by atoms with E-state index in [0.717, 1.165) is 45.2 Å². The first-order chi connectivity index (χ1) is 23.6. The number of para-hydroxylation sites is 3. The minimum atomic E-state index is 0.941. The van der Waals surface area contributed by atoms with Crippen LogP contribution < -0.4 is 4.90 Å². The summed E-state index contributed by atoms with van der Waals surface area (Å²) >= 11 is 0. The molecule has 0 fully saturated rings. The summed E-state index contributed by atoms with van der Waals surface area (Å²) in [5, 5.41) is 0. The van der Waals surface area contributed by atoms with Crippen molar-refractivity contribution < 1.29 is 0 Å². The van der Waals surface area contributed by atoms with Gasteiger partial charge in [0.05, 0.1) is 11.0 Å². The minimum absolute atomic E-state index is 0.941. The third kappa shape index (κ3) is 5.67. The van der Waals surface area contributed by atoms with Crippen LogP contribution in [0.3, 0.4) is 0 Å². The molecule has 0 radical (unpaired) electrons. The Labute approximate surface area is 282 Å². The van der Waals surface area contributed by atoms with Gasteiger partial charge in [0.1, 0.15) is 5.82 Å². The predicted octanol–water partition coefficient (Wildman–Crippen LogP) is 12.1. The van der Waals surface area contributed by atoms with Gasteiger partial charge in [-0.25, -0.2) is 4.98 Å². The maximum atomic E-state index is 5.02. The average Bonchev–Trinajstić information content (AvgIpc) is 3.54. The Kier molecular flexibility index (Phi) is 7.64. The van der Waals surface area contributed by atoms with Gasteiger partial charge in [0.25, 0.3) is 0 Å². The van der Waals surface area contributed by atoms with Gasteiger partial charge in [0.15, 0.2) is 0 Å². The summed E-state index contributed by atoms with van der Waals surface area (Å²) in [7, 11) is 0. The summed E-state index contributed by atoms with van der Waals surface area (Å²) in [6, 6.07) is 62.6. The van der Waals surface area contributed by atoms with Crippen molar-refractivity contribution in [3.05, 3.63) is 187 Å². The molecular formula is C45H35N3. The summed E-state index contributed by atoms with van der Waals surface area (Å²) in [6.45, 7) is 4.25. The molecule has 0 atom stereocenters. The van der Waals surface area contributed by atoms with Gasteiger partial charge < -0.3 is 4.90 Å². The van der Waals surface area contributed by atoms with Crippen LogP contribution in [0.4, 0.5) is 17.1 Å². The molecule has 3 heteroatoms. The summed E-state index contributed by atoms with van der Waals surface area (Å²) in [4.78, 5) is 7.33. The Morgan fingerprint density at radius 1 is 0.396 bits per heavy atom. The van der Waals surface area contributed by atoms with Crippen molar-refractivity contribution in [3.8, 4) is 39.3 Å². The van der Waals surface area contributed by atoms with Gasteiger partial charge in [-0.05, 0) is 96.8 Å². The second-order valence-electron chi connectivity index (χ2n) is 12.3. The lowest BCUT2D eigenvalue weighted by atomic mass is 9.99.